The van der Waals surface area contributed by atoms with Gasteiger partial charge in [0.25, 0.3) is 0 Å². The third kappa shape index (κ3) is 7.28. The minimum Gasteiger partial charge on any atom is -0.383 e. The summed E-state index contributed by atoms with van der Waals surface area (Å²) in [6, 6.07) is 0. The van der Waals surface area contributed by atoms with Crippen LogP contribution in [0.2, 0.25) is 0 Å². The van der Waals surface area contributed by atoms with Crippen LogP contribution in [-0.2, 0) is 14.6 Å². The zero-order valence-electron chi connectivity index (χ0n) is 13.3. The highest BCUT2D eigenvalue weighted by Crippen LogP contribution is 2.21. The van der Waals surface area contributed by atoms with Gasteiger partial charge in [0, 0.05) is 13.7 Å². The van der Waals surface area contributed by atoms with E-state index in [2.05, 4.69) is 19.2 Å². The lowest BCUT2D eigenvalue weighted by atomic mass is 9.93. The van der Waals surface area contributed by atoms with E-state index in [1.165, 1.54) is 0 Å². The number of ether oxygens (including phenoxy) is 1. The Kier molecular flexibility index (Phi) is 8.17. The van der Waals surface area contributed by atoms with Crippen LogP contribution in [0.1, 0.15) is 41.0 Å². The van der Waals surface area contributed by atoms with Gasteiger partial charge in [0.1, 0.15) is 0 Å². The molecule has 0 bridgehead atoms. The highest BCUT2D eigenvalue weighted by molar-refractivity contribution is 7.92. The molecule has 0 aromatic carbocycles. The summed E-state index contributed by atoms with van der Waals surface area (Å²) in [6.45, 7) is 11.9. The van der Waals surface area contributed by atoms with Crippen LogP contribution in [0, 0.1) is 11.8 Å². The molecule has 19 heavy (non-hydrogen) atoms. The standard InChI is InChI=1S/C14H31NO3S/c1-12(2)13(11-15-8-9-18-6)7-10-19(16,17)14(3,4)5/h12-13,15H,7-11H2,1-6H3. The van der Waals surface area contributed by atoms with Crippen molar-refractivity contribution in [2.75, 3.05) is 32.6 Å². The highest BCUT2D eigenvalue weighted by Gasteiger charge is 2.29. The van der Waals surface area contributed by atoms with E-state index >= 15 is 0 Å². The number of methoxy groups -OCH3 is 1. The van der Waals surface area contributed by atoms with Crippen LogP contribution in [0.3, 0.4) is 0 Å². The Hall–Kier alpha value is -0.130. The summed E-state index contributed by atoms with van der Waals surface area (Å²) in [6.07, 6.45) is 0.719. The molecule has 0 saturated carbocycles. The van der Waals surface area contributed by atoms with Crippen LogP contribution in [0.5, 0.6) is 0 Å². The van der Waals surface area contributed by atoms with Gasteiger partial charge < -0.3 is 10.1 Å². The molecule has 1 unspecified atom stereocenters. The van der Waals surface area contributed by atoms with E-state index in [0.29, 0.717) is 18.4 Å². The summed E-state index contributed by atoms with van der Waals surface area (Å²) in [7, 11) is -1.34. The first kappa shape index (κ1) is 18.9. The zero-order valence-corrected chi connectivity index (χ0v) is 14.1. The van der Waals surface area contributed by atoms with Crippen molar-refractivity contribution in [1.82, 2.24) is 5.32 Å². The third-order valence-corrected chi connectivity index (χ3v) is 6.16. The fourth-order valence-corrected chi connectivity index (χ4v) is 2.97. The number of hydrogen-bond acceptors (Lipinski definition) is 4. The molecular formula is C14H31NO3S. The van der Waals surface area contributed by atoms with Gasteiger partial charge in [-0.15, -0.1) is 0 Å². The van der Waals surface area contributed by atoms with E-state index in [4.69, 9.17) is 4.74 Å². The van der Waals surface area contributed by atoms with E-state index in [0.717, 1.165) is 19.5 Å². The first-order chi connectivity index (χ1) is 8.62. The zero-order chi connectivity index (χ0) is 15.1. The van der Waals surface area contributed by atoms with Crippen LogP contribution < -0.4 is 5.32 Å². The number of sulfone groups is 1. The molecule has 1 atom stereocenters. The van der Waals surface area contributed by atoms with Gasteiger partial charge in [0.15, 0.2) is 9.84 Å². The second-order valence-corrected chi connectivity index (χ2v) is 9.28. The van der Waals surface area contributed by atoms with Crippen LogP contribution >= 0.6 is 0 Å². The number of rotatable bonds is 9. The first-order valence-electron chi connectivity index (χ1n) is 7.03. The molecule has 0 aromatic rings. The average Bonchev–Trinajstić information content (AvgIpc) is 2.25. The molecule has 5 heteroatoms. The molecule has 0 aliphatic carbocycles. The van der Waals surface area contributed by atoms with Gasteiger partial charge in [-0.1, -0.05) is 13.8 Å². The Balaban J connectivity index is 4.30. The smallest absolute Gasteiger partial charge is 0.155 e. The van der Waals surface area contributed by atoms with Gasteiger partial charge >= 0.3 is 0 Å². The molecule has 0 aliphatic rings. The lowest BCUT2D eigenvalue weighted by molar-refractivity contribution is 0.196. The lowest BCUT2D eigenvalue weighted by Crippen LogP contribution is -2.34. The first-order valence-corrected chi connectivity index (χ1v) is 8.69. The van der Waals surface area contributed by atoms with Crippen molar-refractivity contribution in [1.29, 1.82) is 0 Å². The maximum Gasteiger partial charge on any atom is 0.155 e. The van der Waals surface area contributed by atoms with E-state index in [-0.39, 0.29) is 5.75 Å². The van der Waals surface area contributed by atoms with Crippen molar-refractivity contribution in [3.8, 4) is 0 Å². The summed E-state index contributed by atoms with van der Waals surface area (Å²) in [5.74, 6) is 1.13. The third-order valence-electron chi connectivity index (χ3n) is 3.52. The summed E-state index contributed by atoms with van der Waals surface area (Å²) in [5.41, 5.74) is 0. The van der Waals surface area contributed by atoms with Crippen molar-refractivity contribution in [3.05, 3.63) is 0 Å². The van der Waals surface area contributed by atoms with Crippen molar-refractivity contribution in [3.63, 3.8) is 0 Å². The Morgan fingerprint density at radius 3 is 2.21 bits per heavy atom. The predicted molar refractivity (Wildman–Crippen MR) is 81.2 cm³/mol. The molecule has 0 fully saturated rings. The Morgan fingerprint density at radius 1 is 1.21 bits per heavy atom. The van der Waals surface area contributed by atoms with Gasteiger partial charge in [-0.25, -0.2) is 8.42 Å². The largest absolute Gasteiger partial charge is 0.383 e. The van der Waals surface area contributed by atoms with Crippen LogP contribution in [0.25, 0.3) is 0 Å². The maximum absolute atomic E-state index is 12.1. The van der Waals surface area contributed by atoms with Gasteiger partial charge in [-0.05, 0) is 45.6 Å². The monoisotopic (exact) mass is 293 g/mol. The van der Waals surface area contributed by atoms with Crippen molar-refractivity contribution >= 4 is 9.84 Å². The van der Waals surface area contributed by atoms with Crippen LogP contribution in [-0.4, -0.2) is 45.7 Å². The molecule has 0 aliphatic heterocycles. The molecular weight excluding hydrogens is 262 g/mol. The summed E-state index contributed by atoms with van der Waals surface area (Å²) in [4.78, 5) is 0. The van der Waals surface area contributed by atoms with Gasteiger partial charge in [-0.3, -0.25) is 0 Å². The van der Waals surface area contributed by atoms with Crippen molar-refractivity contribution in [2.45, 2.75) is 45.8 Å². The normalized spacial score (nSPS) is 14.9. The molecule has 0 saturated heterocycles. The predicted octanol–water partition coefficient (Wildman–Crippen LogP) is 2.10. The highest BCUT2D eigenvalue weighted by atomic mass is 32.2. The molecule has 4 nitrogen and oxygen atoms in total. The molecule has 0 heterocycles. The second kappa shape index (κ2) is 8.22. The number of nitrogens with one attached hydrogen (secondary N) is 1. The topological polar surface area (TPSA) is 55.4 Å². The van der Waals surface area contributed by atoms with Gasteiger partial charge in [-0.2, -0.15) is 0 Å². The quantitative estimate of drug-likeness (QED) is 0.661. The van der Waals surface area contributed by atoms with Gasteiger partial charge in [0.2, 0.25) is 0 Å². The minimum absolute atomic E-state index is 0.269. The van der Waals surface area contributed by atoms with E-state index in [9.17, 15) is 8.42 Å². The van der Waals surface area contributed by atoms with Crippen molar-refractivity contribution in [2.24, 2.45) is 11.8 Å². The SMILES string of the molecule is COCCNCC(CCS(=O)(=O)C(C)(C)C)C(C)C. The molecule has 0 amide bonds. The maximum atomic E-state index is 12.1. The molecule has 0 spiro atoms. The Morgan fingerprint density at radius 2 is 1.79 bits per heavy atom. The van der Waals surface area contributed by atoms with Gasteiger partial charge in [0.05, 0.1) is 17.1 Å². The molecule has 0 radical (unpaired) electrons. The summed E-state index contributed by atoms with van der Waals surface area (Å²) >= 11 is 0. The van der Waals surface area contributed by atoms with Crippen molar-refractivity contribution < 1.29 is 13.2 Å². The summed E-state index contributed by atoms with van der Waals surface area (Å²) in [5, 5.41) is 3.32. The summed E-state index contributed by atoms with van der Waals surface area (Å²) < 4.78 is 28.6. The average molecular weight is 293 g/mol. The Bertz CT molecular complexity index is 331. The molecule has 0 rings (SSSR count). The molecule has 1 N–H and O–H groups in total. The molecule has 116 valence electrons. The van der Waals surface area contributed by atoms with E-state index < -0.39 is 14.6 Å². The fourth-order valence-electron chi connectivity index (χ4n) is 1.75. The lowest BCUT2D eigenvalue weighted by Gasteiger charge is -2.24. The van der Waals surface area contributed by atoms with E-state index in [1.54, 1.807) is 27.9 Å². The second-order valence-electron chi connectivity index (χ2n) is 6.42. The van der Waals surface area contributed by atoms with E-state index in [1.807, 2.05) is 0 Å². The Labute approximate surface area is 119 Å². The molecule has 0 aromatic heterocycles. The number of hydrogen-bond donors (Lipinski definition) is 1. The van der Waals surface area contributed by atoms with Crippen LogP contribution in [0.4, 0.5) is 0 Å². The minimum atomic E-state index is -3.01. The van der Waals surface area contributed by atoms with Crippen LogP contribution in [0.15, 0.2) is 0 Å². The fraction of sp³-hybridized carbons (Fsp3) is 1.00.